The van der Waals surface area contributed by atoms with Crippen LogP contribution in [-0.4, -0.2) is 35.1 Å². The van der Waals surface area contributed by atoms with E-state index in [0.717, 1.165) is 24.8 Å². The average molecular weight is 475 g/mol. The van der Waals surface area contributed by atoms with E-state index in [1.807, 2.05) is 37.3 Å². The third-order valence-electron chi connectivity index (χ3n) is 7.72. The fraction of sp³-hybridized carbons (Fsp3) is 0.429. The second kappa shape index (κ2) is 9.29. The van der Waals surface area contributed by atoms with Gasteiger partial charge in [0, 0.05) is 19.0 Å². The Morgan fingerprint density at radius 3 is 2.49 bits per heavy atom. The van der Waals surface area contributed by atoms with Gasteiger partial charge in [0.05, 0.1) is 29.5 Å². The van der Waals surface area contributed by atoms with Crippen molar-refractivity contribution in [3.8, 4) is 5.75 Å². The molecule has 5 rings (SSSR count). The average Bonchev–Trinajstić information content (AvgIpc) is 3.36. The number of amides is 3. The van der Waals surface area contributed by atoms with Gasteiger partial charge in [-0.05, 0) is 49.8 Å². The number of likely N-dealkylation sites (tertiary alicyclic amines) is 1. The van der Waals surface area contributed by atoms with Crippen LogP contribution >= 0.6 is 0 Å². The molecular weight excluding hydrogens is 444 g/mol. The Morgan fingerprint density at radius 2 is 1.71 bits per heavy atom. The van der Waals surface area contributed by atoms with E-state index in [0.29, 0.717) is 11.6 Å². The SMILES string of the molecule is C[C@@H]1CC[C@@H]2C(=O)N(c3cccc(OC(=O)[C@@H]4CC(=O)N([C@@H](C)c5ccccc5)C4)c3)C(=O)[C@@H]2C1. The predicted molar refractivity (Wildman–Crippen MR) is 129 cm³/mol. The summed E-state index contributed by atoms with van der Waals surface area (Å²) in [4.78, 5) is 54.6. The number of hydrogen-bond acceptors (Lipinski definition) is 5. The molecule has 7 nitrogen and oxygen atoms in total. The van der Waals surface area contributed by atoms with Crippen molar-refractivity contribution >= 4 is 29.4 Å². The van der Waals surface area contributed by atoms with Crippen molar-refractivity contribution in [1.82, 2.24) is 4.90 Å². The molecule has 1 saturated carbocycles. The van der Waals surface area contributed by atoms with Crippen LogP contribution < -0.4 is 9.64 Å². The van der Waals surface area contributed by atoms with Crippen LogP contribution in [0.5, 0.6) is 5.75 Å². The van der Waals surface area contributed by atoms with E-state index in [1.54, 1.807) is 29.2 Å². The van der Waals surface area contributed by atoms with E-state index in [9.17, 15) is 19.2 Å². The number of hydrogen-bond donors (Lipinski definition) is 0. The molecule has 7 heteroatoms. The lowest BCUT2D eigenvalue weighted by atomic mass is 9.76. The second-order valence-corrected chi connectivity index (χ2v) is 10.1. The van der Waals surface area contributed by atoms with Crippen molar-refractivity contribution in [2.45, 2.75) is 45.6 Å². The zero-order valence-corrected chi connectivity index (χ0v) is 20.1. The van der Waals surface area contributed by atoms with E-state index in [-0.39, 0.29) is 54.3 Å². The molecule has 0 aromatic heterocycles. The molecule has 0 bridgehead atoms. The summed E-state index contributed by atoms with van der Waals surface area (Å²) in [6.45, 7) is 4.36. The number of fused-ring (bicyclic) bond motifs is 1. The van der Waals surface area contributed by atoms with Crippen molar-refractivity contribution in [1.29, 1.82) is 0 Å². The van der Waals surface area contributed by atoms with E-state index in [1.165, 1.54) is 4.90 Å². The largest absolute Gasteiger partial charge is 0.426 e. The second-order valence-electron chi connectivity index (χ2n) is 10.1. The number of benzene rings is 2. The number of nitrogens with zero attached hydrogens (tertiary/aromatic N) is 2. The van der Waals surface area contributed by atoms with E-state index < -0.39 is 11.9 Å². The number of carbonyl (C=O) groups excluding carboxylic acids is 4. The molecule has 2 aromatic carbocycles. The highest BCUT2D eigenvalue weighted by Crippen LogP contribution is 2.42. The first kappa shape index (κ1) is 23.3. The number of imide groups is 1. The van der Waals surface area contributed by atoms with Crippen LogP contribution in [0, 0.1) is 23.7 Å². The van der Waals surface area contributed by atoms with Gasteiger partial charge in [0.15, 0.2) is 0 Å². The number of anilines is 1. The zero-order valence-electron chi connectivity index (χ0n) is 20.1. The fourth-order valence-corrected chi connectivity index (χ4v) is 5.70. The van der Waals surface area contributed by atoms with Crippen LogP contribution in [0.25, 0.3) is 0 Å². The van der Waals surface area contributed by atoms with Crippen molar-refractivity contribution < 1.29 is 23.9 Å². The minimum Gasteiger partial charge on any atom is -0.426 e. The van der Waals surface area contributed by atoms with Crippen molar-refractivity contribution in [2.24, 2.45) is 23.7 Å². The molecule has 2 aliphatic heterocycles. The van der Waals surface area contributed by atoms with Gasteiger partial charge >= 0.3 is 5.97 Å². The van der Waals surface area contributed by atoms with Crippen LogP contribution in [0.4, 0.5) is 5.69 Å². The molecule has 3 amide bonds. The van der Waals surface area contributed by atoms with E-state index >= 15 is 0 Å². The van der Waals surface area contributed by atoms with Crippen molar-refractivity contribution in [2.75, 3.05) is 11.4 Å². The standard InChI is InChI=1S/C28H30N2O5/c1-17-11-12-23-24(13-17)27(33)30(26(23)32)21-9-6-10-22(15-21)35-28(34)20-14-25(31)29(16-20)18(2)19-7-4-3-5-8-19/h3-10,15,17-18,20,23-24H,11-14,16H2,1-2H3/t17-,18+,20-,23+,24-/m1/s1. The molecule has 0 unspecified atom stereocenters. The van der Waals surface area contributed by atoms with Crippen LogP contribution in [0.15, 0.2) is 54.6 Å². The lowest BCUT2D eigenvalue weighted by molar-refractivity contribution is -0.139. The van der Waals surface area contributed by atoms with Gasteiger partial charge in [0.2, 0.25) is 17.7 Å². The Bertz CT molecular complexity index is 1160. The normalized spacial score (nSPS) is 27.2. The minimum atomic E-state index is -0.572. The molecule has 0 spiro atoms. The zero-order chi connectivity index (χ0) is 24.7. The molecule has 0 radical (unpaired) electrons. The summed E-state index contributed by atoms with van der Waals surface area (Å²) in [5.41, 5.74) is 1.44. The quantitative estimate of drug-likeness (QED) is 0.370. The summed E-state index contributed by atoms with van der Waals surface area (Å²) < 4.78 is 5.62. The van der Waals surface area contributed by atoms with Gasteiger partial charge in [-0.3, -0.25) is 19.2 Å². The number of rotatable bonds is 5. The topological polar surface area (TPSA) is 84.0 Å². The van der Waals surface area contributed by atoms with Crippen molar-refractivity contribution in [3.05, 3.63) is 60.2 Å². The molecule has 3 fully saturated rings. The summed E-state index contributed by atoms with van der Waals surface area (Å²) in [5, 5.41) is 0. The van der Waals surface area contributed by atoms with E-state index in [4.69, 9.17) is 4.74 Å². The third-order valence-corrected chi connectivity index (χ3v) is 7.72. The Morgan fingerprint density at radius 1 is 0.971 bits per heavy atom. The molecule has 182 valence electrons. The maximum atomic E-state index is 13.0. The van der Waals surface area contributed by atoms with Gasteiger partial charge in [-0.2, -0.15) is 0 Å². The van der Waals surface area contributed by atoms with Crippen LogP contribution in [0.3, 0.4) is 0 Å². The highest BCUT2D eigenvalue weighted by Gasteiger charge is 2.50. The summed E-state index contributed by atoms with van der Waals surface area (Å²) >= 11 is 0. The summed E-state index contributed by atoms with van der Waals surface area (Å²) in [6.07, 6.45) is 2.51. The van der Waals surface area contributed by atoms with Crippen LogP contribution in [-0.2, 0) is 19.2 Å². The summed E-state index contributed by atoms with van der Waals surface area (Å²) in [6, 6.07) is 16.1. The highest BCUT2D eigenvalue weighted by molar-refractivity contribution is 6.22. The first-order valence-electron chi connectivity index (χ1n) is 12.4. The Hall–Kier alpha value is -3.48. The molecule has 2 heterocycles. The smallest absolute Gasteiger partial charge is 0.316 e. The molecule has 3 aliphatic rings. The Balaban J connectivity index is 1.27. The lowest BCUT2D eigenvalue weighted by Gasteiger charge is -2.25. The fourth-order valence-electron chi connectivity index (χ4n) is 5.70. The molecule has 5 atom stereocenters. The summed E-state index contributed by atoms with van der Waals surface area (Å²) in [5.74, 6) is -1.30. The maximum Gasteiger partial charge on any atom is 0.316 e. The van der Waals surface area contributed by atoms with Gasteiger partial charge in [0.25, 0.3) is 0 Å². The van der Waals surface area contributed by atoms with Gasteiger partial charge in [-0.15, -0.1) is 0 Å². The first-order valence-corrected chi connectivity index (χ1v) is 12.4. The molecule has 2 aromatic rings. The molecule has 0 N–H and O–H groups in total. The molecular formula is C28H30N2O5. The maximum absolute atomic E-state index is 13.0. The Labute approximate surface area is 205 Å². The van der Waals surface area contributed by atoms with Crippen LogP contribution in [0.1, 0.15) is 51.1 Å². The molecule has 1 aliphatic carbocycles. The molecule has 35 heavy (non-hydrogen) atoms. The van der Waals surface area contributed by atoms with Crippen LogP contribution in [0.2, 0.25) is 0 Å². The highest BCUT2D eigenvalue weighted by atomic mass is 16.5. The minimum absolute atomic E-state index is 0.0813. The summed E-state index contributed by atoms with van der Waals surface area (Å²) in [7, 11) is 0. The number of esters is 1. The van der Waals surface area contributed by atoms with Gasteiger partial charge < -0.3 is 9.64 Å². The Kier molecular flexibility index (Phi) is 6.17. The van der Waals surface area contributed by atoms with Gasteiger partial charge in [-0.25, -0.2) is 4.90 Å². The van der Waals surface area contributed by atoms with Gasteiger partial charge in [0.1, 0.15) is 5.75 Å². The number of carbonyl (C=O) groups is 4. The predicted octanol–water partition coefficient (Wildman–Crippen LogP) is 4.13. The lowest BCUT2D eigenvalue weighted by Crippen LogP contribution is -2.31. The molecule has 2 saturated heterocycles. The monoisotopic (exact) mass is 474 g/mol. The van der Waals surface area contributed by atoms with E-state index in [2.05, 4.69) is 6.92 Å². The number of ether oxygens (including phenoxy) is 1. The third kappa shape index (κ3) is 4.35. The first-order chi connectivity index (χ1) is 16.8. The van der Waals surface area contributed by atoms with Crippen molar-refractivity contribution in [3.63, 3.8) is 0 Å². The van der Waals surface area contributed by atoms with Gasteiger partial charge in [-0.1, -0.05) is 43.3 Å².